The highest BCUT2D eigenvalue weighted by Crippen LogP contribution is 2.56. The molecule has 0 aromatic heterocycles. The summed E-state index contributed by atoms with van der Waals surface area (Å²) >= 11 is 5.87. The Bertz CT molecular complexity index is 846. The average molecular weight is 388 g/mol. The van der Waals surface area contributed by atoms with E-state index in [-0.39, 0.29) is 30.0 Å². The van der Waals surface area contributed by atoms with Crippen molar-refractivity contribution in [2.24, 2.45) is 0 Å². The number of phosphoric ester groups is 1. The zero-order valence-corrected chi connectivity index (χ0v) is 14.3. The molecule has 1 fully saturated rings. The molecule has 2 atom stereocenters. The van der Waals surface area contributed by atoms with Crippen LogP contribution in [-0.4, -0.2) is 11.5 Å². The van der Waals surface area contributed by atoms with E-state index in [9.17, 15) is 19.1 Å². The average Bonchev–Trinajstić information content (AvgIpc) is 2.57. The number of benzene rings is 2. The second-order valence-corrected chi connectivity index (χ2v) is 7.15. The molecule has 1 heterocycles. The zero-order valence-electron chi connectivity index (χ0n) is 12.6. The van der Waals surface area contributed by atoms with Gasteiger partial charge in [0.25, 0.3) is 5.69 Å². The fourth-order valence-corrected chi connectivity index (χ4v) is 3.87. The molecule has 0 N–H and O–H groups in total. The molecule has 1 saturated heterocycles. The molecule has 0 spiro atoms. The minimum Gasteiger partial charge on any atom is -0.404 e. The molecule has 0 amide bonds. The lowest BCUT2D eigenvalue weighted by Gasteiger charge is -2.29. The van der Waals surface area contributed by atoms with Gasteiger partial charge in [-0.25, -0.2) is 8.96 Å². The molecule has 2 aromatic rings. The standard InChI is InChI=1S/C15H12ClFNO6P/c16-10-1-6-14(17)13(9-10)15-7-8-22-25(21,24-15)23-12-4-2-11(3-5-12)18(19)20/h1-6,9,15H,7-8H2/t15-,25?/m1/s1. The molecule has 1 aliphatic heterocycles. The van der Waals surface area contributed by atoms with Crippen molar-refractivity contribution >= 4 is 25.1 Å². The van der Waals surface area contributed by atoms with Crippen LogP contribution in [0.3, 0.4) is 0 Å². The molecule has 2 aromatic carbocycles. The maximum absolute atomic E-state index is 14.0. The van der Waals surface area contributed by atoms with E-state index >= 15 is 0 Å². The number of phosphoric acid groups is 1. The van der Waals surface area contributed by atoms with Gasteiger partial charge < -0.3 is 4.52 Å². The minimum absolute atomic E-state index is 0.0286. The molecule has 0 radical (unpaired) electrons. The van der Waals surface area contributed by atoms with Gasteiger partial charge in [-0.3, -0.25) is 19.2 Å². The Labute approximate surface area is 147 Å². The van der Waals surface area contributed by atoms with Crippen LogP contribution in [0.25, 0.3) is 0 Å². The molecule has 7 nitrogen and oxygen atoms in total. The quantitative estimate of drug-likeness (QED) is 0.414. The van der Waals surface area contributed by atoms with Crippen LogP contribution in [0.4, 0.5) is 10.1 Å². The van der Waals surface area contributed by atoms with Crippen molar-refractivity contribution < 1.29 is 27.5 Å². The number of hydrogen-bond acceptors (Lipinski definition) is 6. The predicted molar refractivity (Wildman–Crippen MR) is 87.1 cm³/mol. The molecular formula is C15H12ClFNO6P. The van der Waals surface area contributed by atoms with E-state index in [1.807, 2.05) is 0 Å². The van der Waals surface area contributed by atoms with Gasteiger partial charge >= 0.3 is 7.82 Å². The van der Waals surface area contributed by atoms with Crippen molar-refractivity contribution in [1.29, 1.82) is 0 Å². The predicted octanol–water partition coefficient (Wildman–Crippen LogP) is 5.05. The summed E-state index contributed by atoms with van der Waals surface area (Å²) in [5, 5.41) is 11.0. The highest BCUT2D eigenvalue weighted by atomic mass is 35.5. The lowest BCUT2D eigenvalue weighted by molar-refractivity contribution is -0.384. The maximum Gasteiger partial charge on any atom is 0.530 e. The molecule has 1 aliphatic rings. The van der Waals surface area contributed by atoms with Crippen LogP contribution >= 0.6 is 19.4 Å². The van der Waals surface area contributed by atoms with E-state index in [2.05, 4.69) is 0 Å². The largest absolute Gasteiger partial charge is 0.530 e. The molecule has 3 rings (SSSR count). The summed E-state index contributed by atoms with van der Waals surface area (Å²) < 4.78 is 42.3. The topological polar surface area (TPSA) is 87.9 Å². The van der Waals surface area contributed by atoms with Crippen LogP contribution in [0.5, 0.6) is 5.75 Å². The van der Waals surface area contributed by atoms with Crippen LogP contribution in [-0.2, 0) is 13.6 Å². The molecule has 10 heteroatoms. The van der Waals surface area contributed by atoms with Gasteiger partial charge in [-0.15, -0.1) is 0 Å². The summed E-state index contributed by atoms with van der Waals surface area (Å²) in [4.78, 5) is 10.1. The summed E-state index contributed by atoms with van der Waals surface area (Å²) in [6.07, 6.45) is -0.582. The fraction of sp³-hybridized carbons (Fsp3) is 0.200. The summed E-state index contributed by atoms with van der Waals surface area (Å²) in [7, 11) is -4.01. The third-order valence-corrected chi connectivity index (χ3v) is 5.14. The number of rotatable bonds is 4. The monoisotopic (exact) mass is 387 g/mol. The molecule has 0 bridgehead atoms. The maximum atomic E-state index is 14.0. The number of nitro groups is 1. The van der Waals surface area contributed by atoms with Gasteiger partial charge in [0, 0.05) is 29.1 Å². The molecule has 1 unspecified atom stereocenters. The van der Waals surface area contributed by atoms with E-state index in [1.54, 1.807) is 0 Å². The summed E-state index contributed by atoms with van der Waals surface area (Å²) in [6.45, 7) is 0.0286. The second-order valence-electron chi connectivity index (χ2n) is 5.17. The first-order valence-electron chi connectivity index (χ1n) is 7.18. The van der Waals surface area contributed by atoms with Gasteiger partial charge in [0.1, 0.15) is 17.7 Å². The van der Waals surface area contributed by atoms with E-state index in [0.29, 0.717) is 5.02 Å². The number of nitro benzene ring substituents is 1. The highest BCUT2D eigenvalue weighted by molar-refractivity contribution is 7.49. The first-order chi connectivity index (χ1) is 11.9. The van der Waals surface area contributed by atoms with E-state index < -0.39 is 24.7 Å². The normalized spacial score (nSPS) is 23.2. The number of hydrogen-bond donors (Lipinski definition) is 0. The zero-order chi connectivity index (χ0) is 18.0. The third-order valence-electron chi connectivity index (χ3n) is 3.46. The van der Waals surface area contributed by atoms with Gasteiger partial charge in [0.2, 0.25) is 0 Å². The molecule has 132 valence electrons. The van der Waals surface area contributed by atoms with Crippen molar-refractivity contribution in [3.8, 4) is 5.75 Å². The van der Waals surface area contributed by atoms with Crippen molar-refractivity contribution in [3.63, 3.8) is 0 Å². The summed E-state index contributed by atoms with van der Waals surface area (Å²) in [6, 6.07) is 8.91. The van der Waals surface area contributed by atoms with Crippen LogP contribution < -0.4 is 4.52 Å². The summed E-state index contributed by atoms with van der Waals surface area (Å²) in [5.74, 6) is -0.473. The first-order valence-corrected chi connectivity index (χ1v) is 9.02. The van der Waals surface area contributed by atoms with E-state index in [1.165, 1.54) is 42.5 Å². The molecular weight excluding hydrogens is 376 g/mol. The molecule has 0 saturated carbocycles. The number of non-ortho nitro benzene ring substituents is 1. The third kappa shape index (κ3) is 4.16. The van der Waals surface area contributed by atoms with Crippen LogP contribution in [0, 0.1) is 15.9 Å². The highest BCUT2D eigenvalue weighted by Gasteiger charge is 2.38. The van der Waals surface area contributed by atoms with E-state index in [0.717, 1.165) is 0 Å². The van der Waals surface area contributed by atoms with Gasteiger partial charge in [-0.1, -0.05) is 11.6 Å². The fourth-order valence-electron chi connectivity index (χ4n) is 2.29. The van der Waals surface area contributed by atoms with Crippen molar-refractivity contribution in [3.05, 3.63) is 69.0 Å². The minimum atomic E-state index is -4.01. The van der Waals surface area contributed by atoms with Crippen LogP contribution in [0.2, 0.25) is 5.02 Å². The Kier molecular flexibility index (Phi) is 5.06. The Hall–Kier alpha value is -1.99. The number of halogens is 2. The van der Waals surface area contributed by atoms with Crippen molar-refractivity contribution in [2.45, 2.75) is 12.5 Å². The lowest BCUT2D eigenvalue weighted by Crippen LogP contribution is -2.17. The van der Waals surface area contributed by atoms with Gasteiger partial charge in [0.05, 0.1) is 11.5 Å². The number of nitrogens with zero attached hydrogens (tertiary/aromatic N) is 1. The second kappa shape index (κ2) is 7.09. The Balaban J connectivity index is 1.78. The van der Waals surface area contributed by atoms with Crippen molar-refractivity contribution in [1.82, 2.24) is 0 Å². The van der Waals surface area contributed by atoms with Gasteiger partial charge in [-0.05, 0) is 30.3 Å². The first kappa shape index (κ1) is 17.8. The Morgan fingerprint density at radius 3 is 2.68 bits per heavy atom. The lowest BCUT2D eigenvalue weighted by atomic mass is 10.1. The van der Waals surface area contributed by atoms with Gasteiger partial charge in [-0.2, -0.15) is 0 Å². The summed E-state index contributed by atoms with van der Waals surface area (Å²) in [5.41, 5.74) is 0.0123. The SMILES string of the molecule is O=[N+]([O-])c1ccc(OP2(=O)OCC[C@H](c3cc(Cl)ccc3F)O2)cc1. The van der Waals surface area contributed by atoms with E-state index in [4.69, 9.17) is 25.2 Å². The molecule has 25 heavy (non-hydrogen) atoms. The van der Waals surface area contributed by atoms with Gasteiger partial charge in [0.15, 0.2) is 0 Å². The van der Waals surface area contributed by atoms with Crippen LogP contribution in [0.15, 0.2) is 42.5 Å². The molecule has 0 aliphatic carbocycles. The Morgan fingerprint density at radius 2 is 2.00 bits per heavy atom. The van der Waals surface area contributed by atoms with Crippen LogP contribution in [0.1, 0.15) is 18.1 Å². The smallest absolute Gasteiger partial charge is 0.404 e. The van der Waals surface area contributed by atoms with Crippen molar-refractivity contribution in [2.75, 3.05) is 6.61 Å². The Morgan fingerprint density at radius 1 is 1.28 bits per heavy atom.